The van der Waals surface area contributed by atoms with Gasteiger partial charge in [0.25, 0.3) is 0 Å². The summed E-state index contributed by atoms with van der Waals surface area (Å²) in [6.45, 7) is 13.7. The maximum absolute atomic E-state index is 13.1. The average Bonchev–Trinajstić information content (AvgIpc) is 2.62. The van der Waals surface area contributed by atoms with Crippen molar-refractivity contribution in [3.63, 3.8) is 0 Å². The van der Waals surface area contributed by atoms with Gasteiger partial charge in [0.05, 0.1) is 48.7 Å². The molecule has 3 atom stereocenters. The molecule has 0 spiro atoms. The van der Waals surface area contributed by atoms with Crippen LogP contribution in [-0.2, 0) is 10.1 Å². The van der Waals surface area contributed by atoms with Crippen LogP contribution in [0.2, 0.25) is 0 Å². The van der Waals surface area contributed by atoms with Gasteiger partial charge in [-0.15, -0.1) is 0 Å². The molecule has 0 aliphatic carbocycles. The summed E-state index contributed by atoms with van der Waals surface area (Å²) >= 11 is 0. The highest BCUT2D eigenvalue weighted by molar-refractivity contribution is 7.85. The van der Waals surface area contributed by atoms with E-state index >= 15 is 0 Å². The van der Waals surface area contributed by atoms with Gasteiger partial charge in [-0.05, 0) is 40.5 Å². The molecule has 0 saturated carbocycles. The summed E-state index contributed by atoms with van der Waals surface area (Å²) in [5.41, 5.74) is 0. The number of rotatable bonds is 14. The lowest BCUT2D eigenvalue weighted by Crippen LogP contribution is -2.47. The third-order valence-electron chi connectivity index (χ3n) is 5.10. The topological polar surface area (TPSA) is 57.2 Å². The molecule has 0 aromatic carbocycles. The molecule has 0 radical (unpaired) electrons. The predicted octanol–water partition coefficient (Wildman–Crippen LogP) is 4.35. The molecule has 0 aliphatic rings. The van der Waals surface area contributed by atoms with Crippen molar-refractivity contribution in [2.24, 2.45) is 0 Å². The predicted molar refractivity (Wildman–Crippen MR) is 101 cm³/mol. The Balaban J connectivity index is 0. The smallest absolute Gasteiger partial charge is 0.163 e. The third-order valence-corrected chi connectivity index (χ3v) is 5.83. The minimum Gasteiger partial charge on any atom is -0.748 e. The van der Waals surface area contributed by atoms with Crippen LogP contribution in [0.3, 0.4) is 0 Å². The van der Waals surface area contributed by atoms with Gasteiger partial charge in [-0.2, -0.15) is 0 Å². The highest BCUT2D eigenvalue weighted by Crippen LogP contribution is 2.19. The number of quaternary nitrogens is 1. The molecule has 0 bridgehead atoms. The van der Waals surface area contributed by atoms with Gasteiger partial charge < -0.3 is 9.04 Å². The van der Waals surface area contributed by atoms with Gasteiger partial charge in [0.15, 0.2) is 6.17 Å². The van der Waals surface area contributed by atoms with Crippen LogP contribution in [0.5, 0.6) is 0 Å². The van der Waals surface area contributed by atoms with E-state index in [0.717, 1.165) is 0 Å². The number of alkyl halides is 4. The van der Waals surface area contributed by atoms with Gasteiger partial charge in [-0.1, -0.05) is 19.3 Å². The lowest BCUT2D eigenvalue weighted by molar-refractivity contribution is -0.921. The number of nitrogens with zero attached hydrogens (tertiary/aromatic N) is 1. The van der Waals surface area contributed by atoms with Crippen molar-refractivity contribution >= 4 is 10.1 Å². The van der Waals surface area contributed by atoms with Crippen LogP contribution in [0.1, 0.15) is 59.8 Å². The summed E-state index contributed by atoms with van der Waals surface area (Å²) in [6, 6.07) is 0. The first kappa shape index (κ1) is 28.8. The van der Waals surface area contributed by atoms with Gasteiger partial charge in [-0.3, -0.25) is 4.39 Å². The molecule has 4 nitrogen and oxygen atoms in total. The minimum atomic E-state index is -4.91. The van der Waals surface area contributed by atoms with E-state index in [1.54, 1.807) is 0 Å². The van der Waals surface area contributed by atoms with E-state index in [2.05, 4.69) is 27.7 Å². The molecule has 3 unspecified atom stereocenters. The van der Waals surface area contributed by atoms with Gasteiger partial charge in [0, 0.05) is 0 Å². The molecule has 9 heteroatoms. The van der Waals surface area contributed by atoms with Crippen LogP contribution in [0.25, 0.3) is 0 Å². The maximum atomic E-state index is 13.1. The van der Waals surface area contributed by atoms with Crippen molar-refractivity contribution in [2.45, 2.75) is 78.3 Å². The van der Waals surface area contributed by atoms with E-state index in [9.17, 15) is 30.5 Å². The van der Waals surface area contributed by atoms with E-state index < -0.39 is 41.1 Å². The Hall–Kier alpha value is -0.410. The normalized spacial score (nSPS) is 15.6. The lowest BCUT2D eigenvalue weighted by Gasteiger charge is -2.34. The van der Waals surface area contributed by atoms with Crippen LogP contribution in [0.4, 0.5) is 17.6 Å². The molecular formula is C18H37F4NO3S. The SMILES string of the molecule is CC[N+](CC)(CC)CC.O=S(=O)([O-])CC(F)C(F)C(F)CCCCCCF. The van der Waals surface area contributed by atoms with E-state index in [-0.39, 0.29) is 12.8 Å². The highest BCUT2D eigenvalue weighted by atomic mass is 32.2. The van der Waals surface area contributed by atoms with E-state index in [1.165, 1.54) is 30.7 Å². The summed E-state index contributed by atoms with van der Waals surface area (Å²) in [5.74, 6) is -1.56. The van der Waals surface area contributed by atoms with Crippen molar-refractivity contribution in [3.8, 4) is 0 Å². The van der Waals surface area contributed by atoms with Crippen LogP contribution < -0.4 is 0 Å². The van der Waals surface area contributed by atoms with Gasteiger partial charge in [-0.25, -0.2) is 21.6 Å². The van der Waals surface area contributed by atoms with Crippen molar-refractivity contribution in [1.82, 2.24) is 0 Å². The zero-order valence-electron chi connectivity index (χ0n) is 17.1. The fraction of sp³-hybridized carbons (Fsp3) is 1.00. The minimum absolute atomic E-state index is 0.262. The second-order valence-electron chi connectivity index (χ2n) is 6.70. The number of hydrogen-bond donors (Lipinski definition) is 0. The molecule has 0 N–H and O–H groups in total. The lowest BCUT2D eigenvalue weighted by atomic mass is 10.0. The Bertz CT molecular complexity index is 430. The fourth-order valence-electron chi connectivity index (χ4n) is 2.80. The van der Waals surface area contributed by atoms with Crippen LogP contribution in [0.15, 0.2) is 0 Å². The van der Waals surface area contributed by atoms with Gasteiger partial charge in [0.2, 0.25) is 0 Å². The van der Waals surface area contributed by atoms with Crippen LogP contribution in [-0.4, -0.2) is 74.6 Å². The Labute approximate surface area is 162 Å². The molecule has 0 heterocycles. The molecule has 0 saturated heterocycles. The highest BCUT2D eigenvalue weighted by Gasteiger charge is 2.30. The Morgan fingerprint density at radius 3 is 1.59 bits per heavy atom. The van der Waals surface area contributed by atoms with Crippen molar-refractivity contribution < 1.29 is 35.0 Å². The third kappa shape index (κ3) is 14.3. The molecule has 0 aromatic rings. The summed E-state index contributed by atoms with van der Waals surface area (Å²) in [6.07, 6.45) is -6.04. The fourth-order valence-corrected chi connectivity index (χ4v) is 3.38. The zero-order valence-corrected chi connectivity index (χ0v) is 17.9. The Morgan fingerprint density at radius 2 is 1.26 bits per heavy atom. The first-order chi connectivity index (χ1) is 12.5. The van der Waals surface area contributed by atoms with Crippen molar-refractivity contribution in [2.75, 3.05) is 38.6 Å². The van der Waals surface area contributed by atoms with E-state index in [0.29, 0.717) is 19.3 Å². The zero-order chi connectivity index (χ0) is 21.5. The summed E-state index contributed by atoms with van der Waals surface area (Å²) in [4.78, 5) is 0. The number of hydrogen-bond acceptors (Lipinski definition) is 3. The molecule has 166 valence electrons. The molecule has 0 fully saturated rings. The van der Waals surface area contributed by atoms with E-state index in [4.69, 9.17) is 0 Å². The van der Waals surface area contributed by atoms with Gasteiger partial charge in [0.1, 0.15) is 12.3 Å². The average molecular weight is 424 g/mol. The molecule has 0 aliphatic heterocycles. The summed E-state index contributed by atoms with van der Waals surface area (Å²) in [5, 5.41) is 0. The van der Waals surface area contributed by atoms with Gasteiger partial charge >= 0.3 is 0 Å². The van der Waals surface area contributed by atoms with Crippen molar-refractivity contribution in [3.05, 3.63) is 0 Å². The number of unbranched alkanes of at least 4 members (excludes halogenated alkanes) is 3. The first-order valence-corrected chi connectivity index (χ1v) is 11.4. The monoisotopic (exact) mass is 423 g/mol. The second-order valence-corrected chi connectivity index (χ2v) is 8.15. The molecule has 0 amide bonds. The summed E-state index contributed by atoms with van der Waals surface area (Å²) in [7, 11) is -4.91. The first-order valence-electron chi connectivity index (χ1n) is 9.79. The summed E-state index contributed by atoms with van der Waals surface area (Å²) < 4.78 is 82.7. The quantitative estimate of drug-likeness (QED) is 0.181. The second kappa shape index (κ2) is 15.5. The molecule has 0 aromatic heterocycles. The van der Waals surface area contributed by atoms with Crippen LogP contribution in [0, 0.1) is 0 Å². The standard InChI is InChI=1S/C10H18F4O3S.C8H20N/c11-6-4-2-1-3-5-8(12)10(14)9(13)7-18(15,16)17;1-5-9(6-2,7-3)8-4/h8-10H,1-7H2,(H,15,16,17);5-8H2,1-4H3/q;+1/p-1. The largest absolute Gasteiger partial charge is 0.748 e. The Morgan fingerprint density at radius 1 is 0.815 bits per heavy atom. The maximum Gasteiger partial charge on any atom is 0.163 e. The van der Waals surface area contributed by atoms with E-state index in [1.807, 2.05) is 0 Å². The molecular weight excluding hydrogens is 386 g/mol. The Kier molecular flexibility index (Phi) is 16.5. The van der Waals surface area contributed by atoms with Crippen molar-refractivity contribution in [1.29, 1.82) is 0 Å². The number of halogens is 4. The molecule has 0 rings (SSSR count). The van der Waals surface area contributed by atoms with Crippen LogP contribution >= 0.6 is 0 Å². The molecule has 27 heavy (non-hydrogen) atoms.